The van der Waals surface area contributed by atoms with Crippen LogP contribution in [0.5, 0.6) is 0 Å². The lowest BCUT2D eigenvalue weighted by atomic mass is 9.94. The Morgan fingerprint density at radius 3 is 2.40 bits per heavy atom. The Balaban J connectivity index is 1.86. The zero-order chi connectivity index (χ0) is 14.8. The Morgan fingerprint density at radius 2 is 1.80 bits per heavy atom. The smallest absolute Gasteiger partial charge is 0.310 e. The molecule has 5 heteroatoms. The van der Waals surface area contributed by atoms with Crippen molar-refractivity contribution in [3.8, 4) is 0 Å². The molecule has 2 rings (SSSR count). The van der Waals surface area contributed by atoms with Gasteiger partial charge in [-0.15, -0.1) is 0 Å². The summed E-state index contributed by atoms with van der Waals surface area (Å²) in [5.74, 6) is -0.0588. The third-order valence-corrected chi connectivity index (χ3v) is 4.12. The minimum atomic E-state index is -0.391. The van der Waals surface area contributed by atoms with Gasteiger partial charge >= 0.3 is 5.97 Å². The van der Waals surface area contributed by atoms with Gasteiger partial charge in [0.15, 0.2) is 0 Å². The van der Waals surface area contributed by atoms with Crippen LogP contribution in [0.15, 0.2) is 0 Å². The first-order valence-electron chi connectivity index (χ1n) is 7.71. The molecule has 2 saturated heterocycles. The minimum Gasteiger partial charge on any atom is -0.460 e. The number of carbonyl (C=O) groups is 1. The van der Waals surface area contributed by atoms with Gasteiger partial charge in [-0.3, -0.25) is 9.69 Å². The summed E-state index contributed by atoms with van der Waals surface area (Å²) in [4.78, 5) is 17.1. The average molecular weight is 283 g/mol. The van der Waals surface area contributed by atoms with Crippen LogP contribution in [0.2, 0.25) is 0 Å². The lowest BCUT2D eigenvalue weighted by Crippen LogP contribution is -2.56. The molecule has 2 heterocycles. The second-order valence-electron chi connectivity index (χ2n) is 7.12. The molecule has 2 atom stereocenters. The van der Waals surface area contributed by atoms with Gasteiger partial charge in [0.2, 0.25) is 0 Å². The van der Waals surface area contributed by atoms with E-state index in [9.17, 15) is 4.79 Å². The molecule has 0 saturated carbocycles. The van der Waals surface area contributed by atoms with Crippen LogP contribution in [0.25, 0.3) is 0 Å². The number of ether oxygens (including phenoxy) is 1. The van der Waals surface area contributed by atoms with Gasteiger partial charge in [-0.2, -0.15) is 0 Å². The Morgan fingerprint density at radius 1 is 1.15 bits per heavy atom. The first-order valence-corrected chi connectivity index (χ1v) is 7.71. The van der Waals surface area contributed by atoms with Crippen LogP contribution in [-0.4, -0.2) is 73.7 Å². The molecule has 2 unspecified atom stereocenters. The number of hydrogen-bond acceptors (Lipinski definition) is 5. The highest BCUT2D eigenvalue weighted by atomic mass is 16.6. The van der Waals surface area contributed by atoms with E-state index in [1.165, 1.54) is 0 Å². The van der Waals surface area contributed by atoms with Gasteiger partial charge in [0, 0.05) is 45.3 Å². The summed E-state index contributed by atoms with van der Waals surface area (Å²) in [7, 11) is 2.17. The Labute approximate surface area is 122 Å². The van der Waals surface area contributed by atoms with E-state index in [0.717, 1.165) is 45.7 Å². The molecular weight excluding hydrogens is 254 g/mol. The molecule has 2 aliphatic heterocycles. The molecule has 2 aliphatic rings. The predicted molar refractivity (Wildman–Crippen MR) is 79.7 cm³/mol. The number of likely N-dealkylation sites (N-methyl/N-ethyl adjacent to an activating group) is 1. The predicted octanol–water partition coefficient (Wildman–Crippen LogP) is 0.554. The quantitative estimate of drug-likeness (QED) is 0.750. The first kappa shape index (κ1) is 15.7. The van der Waals surface area contributed by atoms with Crippen molar-refractivity contribution in [2.75, 3.05) is 46.3 Å². The first-order chi connectivity index (χ1) is 9.35. The van der Waals surface area contributed by atoms with Crippen LogP contribution in [0.4, 0.5) is 0 Å². The molecule has 0 spiro atoms. The van der Waals surface area contributed by atoms with E-state index < -0.39 is 5.60 Å². The lowest BCUT2D eigenvalue weighted by molar-refractivity contribution is -0.161. The fraction of sp³-hybridized carbons (Fsp3) is 0.933. The largest absolute Gasteiger partial charge is 0.460 e. The molecule has 1 N–H and O–H groups in total. The van der Waals surface area contributed by atoms with Crippen molar-refractivity contribution in [2.24, 2.45) is 5.92 Å². The minimum absolute atomic E-state index is 0.00682. The summed E-state index contributed by atoms with van der Waals surface area (Å²) in [5.41, 5.74) is -0.391. The van der Waals surface area contributed by atoms with Crippen molar-refractivity contribution in [3.63, 3.8) is 0 Å². The maximum absolute atomic E-state index is 12.2. The van der Waals surface area contributed by atoms with Crippen molar-refractivity contribution in [3.05, 3.63) is 0 Å². The van der Waals surface area contributed by atoms with Crippen molar-refractivity contribution in [1.29, 1.82) is 0 Å². The number of piperidine rings is 1. The molecule has 0 bridgehead atoms. The zero-order valence-electron chi connectivity index (χ0n) is 13.3. The molecule has 5 nitrogen and oxygen atoms in total. The monoisotopic (exact) mass is 283 g/mol. The van der Waals surface area contributed by atoms with Gasteiger partial charge in [-0.05, 0) is 34.2 Å². The summed E-state index contributed by atoms with van der Waals surface area (Å²) in [6.45, 7) is 12.0. The van der Waals surface area contributed by atoms with Gasteiger partial charge in [-0.1, -0.05) is 0 Å². The standard InChI is InChI=1S/C15H29N3O2/c1-15(2,3)20-14(19)12-9-13(11-16-10-12)18-7-5-17(4)6-8-18/h12-13,16H,5-11H2,1-4H3. The van der Waals surface area contributed by atoms with Crippen molar-refractivity contribution in [2.45, 2.75) is 38.8 Å². The Hall–Kier alpha value is -0.650. The fourth-order valence-corrected chi connectivity index (χ4v) is 2.95. The highest BCUT2D eigenvalue weighted by Crippen LogP contribution is 2.21. The van der Waals surface area contributed by atoms with Gasteiger partial charge in [0.1, 0.15) is 5.60 Å². The Kier molecular flexibility index (Phi) is 5.04. The third-order valence-electron chi connectivity index (χ3n) is 4.12. The van der Waals surface area contributed by atoms with E-state index >= 15 is 0 Å². The van der Waals surface area contributed by atoms with E-state index in [-0.39, 0.29) is 11.9 Å². The van der Waals surface area contributed by atoms with E-state index in [0.29, 0.717) is 6.04 Å². The normalized spacial score (nSPS) is 30.2. The van der Waals surface area contributed by atoms with Gasteiger partial charge in [0.05, 0.1) is 5.92 Å². The van der Waals surface area contributed by atoms with Gasteiger partial charge in [0.25, 0.3) is 0 Å². The summed E-state index contributed by atoms with van der Waals surface area (Å²) in [5, 5.41) is 3.40. The van der Waals surface area contributed by atoms with Gasteiger partial charge in [-0.25, -0.2) is 0 Å². The van der Waals surface area contributed by atoms with Crippen molar-refractivity contribution < 1.29 is 9.53 Å². The molecule has 0 aliphatic carbocycles. The molecule has 0 radical (unpaired) electrons. The third kappa shape index (κ3) is 4.43. The van der Waals surface area contributed by atoms with Crippen LogP contribution < -0.4 is 5.32 Å². The van der Waals surface area contributed by atoms with E-state index in [4.69, 9.17) is 4.74 Å². The topological polar surface area (TPSA) is 44.8 Å². The zero-order valence-corrected chi connectivity index (χ0v) is 13.3. The summed E-state index contributed by atoms with van der Waals surface area (Å²) in [6, 6.07) is 0.468. The molecular formula is C15H29N3O2. The number of carbonyl (C=O) groups excluding carboxylic acids is 1. The highest BCUT2D eigenvalue weighted by molar-refractivity contribution is 5.73. The second kappa shape index (κ2) is 6.41. The summed E-state index contributed by atoms with van der Waals surface area (Å²) >= 11 is 0. The lowest BCUT2D eigenvalue weighted by Gasteiger charge is -2.41. The van der Waals surface area contributed by atoms with Crippen molar-refractivity contribution in [1.82, 2.24) is 15.1 Å². The van der Waals surface area contributed by atoms with Crippen LogP contribution in [0, 0.1) is 5.92 Å². The number of nitrogens with zero attached hydrogens (tertiary/aromatic N) is 2. The van der Waals surface area contributed by atoms with Crippen LogP contribution in [0.1, 0.15) is 27.2 Å². The number of piperazine rings is 1. The molecule has 0 amide bonds. The number of rotatable bonds is 2. The number of nitrogens with one attached hydrogen (secondary N) is 1. The maximum Gasteiger partial charge on any atom is 0.310 e. The Bertz CT molecular complexity index is 333. The summed E-state index contributed by atoms with van der Waals surface area (Å²) in [6.07, 6.45) is 0.922. The fourth-order valence-electron chi connectivity index (χ4n) is 2.95. The van der Waals surface area contributed by atoms with Gasteiger partial charge < -0.3 is 15.0 Å². The van der Waals surface area contributed by atoms with Crippen LogP contribution >= 0.6 is 0 Å². The maximum atomic E-state index is 12.2. The molecule has 2 fully saturated rings. The SMILES string of the molecule is CN1CCN(C2CNCC(C(=O)OC(C)(C)C)C2)CC1. The summed E-state index contributed by atoms with van der Waals surface area (Å²) < 4.78 is 5.52. The van der Waals surface area contributed by atoms with Crippen molar-refractivity contribution >= 4 is 5.97 Å². The second-order valence-corrected chi connectivity index (χ2v) is 7.12. The number of esters is 1. The average Bonchev–Trinajstić information content (AvgIpc) is 2.38. The van der Waals surface area contributed by atoms with E-state index in [1.807, 2.05) is 20.8 Å². The number of hydrogen-bond donors (Lipinski definition) is 1. The molecule has 0 aromatic carbocycles. The molecule has 20 heavy (non-hydrogen) atoms. The molecule has 0 aromatic heterocycles. The van der Waals surface area contributed by atoms with E-state index in [2.05, 4.69) is 22.2 Å². The van der Waals surface area contributed by atoms with Crippen LogP contribution in [-0.2, 0) is 9.53 Å². The molecule has 0 aromatic rings. The molecule has 116 valence electrons. The van der Waals surface area contributed by atoms with E-state index in [1.54, 1.807) is 0 Å². The highest BCUT2D eigenvalue weighted by Gasteiger charge is 2.33. The van der Waals surface area contributed by atoms with Crippen LogP contribution in [0.3, 0.4) is 0 Å².